The molecule has 8 heteroatoms. The van der Waals surface area contributed by atoms with Crippen molar-refractivity contribution in [3.05, 3.63) is 54.8 Å². The smallest absolute Gasteiger partial charge is 0.241 e. The van der Waals surface area contributed by atoms with E-state index in [2.05, 4.69) is 26.9 Å². The monoisotopic (exact) mass is 397 g/mol. The fraction of sp³-hybridized carbons (Fsp3) is 0.381. The number of carbonyl (C=O) groups is 2. The molecule has 0 atom stereocenters. The van der Waals surface area contributed by atoms with Crippen molar-refractivity contribution >= 4 is 23.3 Å². The number of hydrogen-bond acceptors (Lipinski definition) is 6. The molecular formula is C21H27N5O3. The third kappa shape index (κ3) is 6.00. The van der Waals surface area contributed by atoms with Gasteiger partial charge in [-0.1, -0.05) is 29.4 Å². The maximum absolute atomic E-state index is 12.8. The summed E-state index contributed by atoms with van der Waals surface area (Å²) in [4.78, 5) is 30.9. The minimum atomic E-state index is -0.121. The fourth-order valence-corrected chi connectivity index (χ4v) is 3.28. The van der Waals surface area contributed by atoms with Gasteiger partial charge in [-0.15, -0.1) is 6.58 Å². The number of aromatic nitrogens is 1. The van der Waals surface area contributed by atoms with Crippen molar-refractivity contribution in [2.45, 2.75) is 6.92 Å². The Kier molecular flexibility index (Phi) is 7.15. The van der Waals surface area contributed by atoms with Gasteiger partial charge in [0.25, 0.3) is 0 Å². The zero-order valence-electron chi connectivity index (χ0n) is 16.7. The number of para-hydroxylation sites is 1. The van der Waals surface area contributed by atoms with Gasteiger partial charge >= 0.3 is 0 Å². The number of anilines is 2. The van der Waals surface area contributed by atoms with Crippen LogP contribution in [0.5, 0.6) is 0 Å². The second-order valence-corrected chi connectivity index (χ2v) is 7.05. The van der Waals surface area contributed by atoms with Crippen molar-refractivity contribution in [2.75, 3.05) is 56.0 Å². The Hall–Kier alpha value is -2.97. The van der Waals surface area contributed by atoms with Crippen LogP contribution >= 0.6 is 0 Å². The second kappa shape index (κ2) is 9.99. The molecule has 1 saturated heterocycles. The maximum Gasteiger partial charge on any atom is 0.241 e. The first-order valence-electron chi connectivity index (χ1n) is 9.69. The largest absolute Gasteiger partial charge is 0.360 e. The van der Waals surface area contributed by atoms with E-state index < -0.39 is 0 Å². The lowest BCUT2D eigenvalue weighted by Crippen LogP contribution is -2.51. The van der Waals surface area contributed by atoms with Gasteiger partial charge in [-0.3, -0.25) is 19.4 Å². The first-order chi connectivity index (χ1) is 14.0. The fourth-order valence-electron chi connectivity index (χ4n) is 3.28. The highest BCUT2D eigenvalue weighted by Crippen LogP contribution is 2.14. The number of nitrogens with zero attached hydrogens (tertiary/aromatic N) is 4. The van der Waals surface area contributed by atoms with E-state index in [1.54, 1.807) is 24.0 Å². The third-order valence-electron chi connectivity index (χ3n) is 4.77. The molecule has 2 aromatic rings. The number of rotatable bonds is 8. The summed E-state index contributed by atoms with van der Waals surface area (Å²) in [6.45, 7) is 9.58. The summed E-state index contributed by atoms with van der Waals surface area (Å²) in [5.41, 5.74) is 0.871. The Morgan fingerprint density at radius 2 is 1.83 bits per heavy atom. The van der Waals surface area contributed by atoms with E-state index >= 15 is 0 Å². The molecule has 0 aliphatic carbocycles. The van der Waals surface area contributed by atoms with E-state index in [1.807, 2.05) is 30.3 Å². The average molecular weight is 397 g/mol. The van der Waals surface area contributed by atoms with Crippen molar-refractivity contribution in [2.24, 2.45) is 0 Å². The Bertz CT molecular complexity index is 828. The Morgan fingerprint density at radius 3 is 2.41 bits per heavy atom. The van der Waals surface area contributed by atoms with E-state index in [0.29, 0.717) is 31.2 Å². The van der Waals surface area contributed by atoms with Crippen LogP contribution in [0.4, 0.5) is 11.5 Å². The molecule has 0 spiro atoms. The molecule has 1 fully saturated rings. The van der Waals surface area contributed by atoms with Crippen LogP contribution in [-0.4, -0.2) is 72.6 Å². The van der Waals surface area contributed by atoms with E-state index in [-0.39, 0.29) is 11.8 Å². The van der Waals surface area contributed by atoms with E-state index in [9.17, 15) is 9.59 Å². The van der Waals surface area contributed by atoms with Crippen LogP contribution < -0.4 is 10.2 Å². The minimum Gasteiger partial charge on any atom is -0.360 e. The van der Waals surface area contributed by atoms with Crippen molar-refractivity contribution in [1.82, 2.24) is 15.0 Å². The SMILES string of the molecule is C=CCN(C(=O)CN1CCN(CC(=O)Nc2cc(C)on2)CC1)c1ccccc1. The molecule has 1 aliphatic heterocycles. The minimum absolute atomic E-state index is 0.0451. The van der Waals surface area contributed by atoms with Crippen LogP contribution in [0.1, 0.15) is 5.76 Å². The van der Waals surface area contributed by atoms with Gasteiger partial charge in [-0.05, 0) is 19.1 Å². The van der Waals surface area contributed by atoms with Crippen LogP contribution in [0, 0.1) is 6.92 Å². The summed E-state index contributed by atoms with van der Waals surface area (Å²) in [6.07, 6.45) is 1.73. The van der Waals surface area contributed by atoms with Gasteiger partial charge in [0.2, 0.25) is 11.8 Å². The topological polar surface area (TPSA) is 81.9 Å². The predicted octanol–water partition coefficient (Wildman–Crippen LogP) is 1.76. The number of piperazine rings is 1. The van der Waals surface area contributed by atoms with Crippen molar-refractivity contribution in [1.29, 1.82) is 0 Å². The maximum atomic E-state index is 12.8. The van der Waals surface area contributed by atoms with Crippen LogP contribution in [0.25, 0.3) is 0 Å². The van der Waals surface area contributed by atoms with Gasteiger partial charge < -0.3 is 14.7 Å². The standard InChI is InChI=1S/C21H27N5O3/c1-3-9-26(18-7-5-4-6-8-18)21(28)16-25-12-10-24(11-13-25)15-20(27)22-19-14-17(2)29-23-19/h3-8,14H,1,9-13,15-16H2,2H3,(H,22,23,27). The van der Waals surface area contributed by atoms with Crippen LogP contribution in [0.3, 0.4) is 0 Å². The van der Waals surface area contributed by atoms with Crippen LogP contribution in [0.15, 0.2) is 53.6 Å². The Labute approximate surface area is 170 Å². The average Bonchev–Trinajstić information content (AvgIpc) is 3.12. The highest BCUT2D eigenvalue weighted by Gasteiger charge is 2.23. The molecule has 3 rings (SSSR count). The number of aryl methyl sites for hydroxylation is 1. The third-order valence-corrected chi connectivity index (χ3v) is 4.77. The molecule has 8 nitrogen and oxygen atoms in total. The predicted molar refractivity (Wildman–Crippen MR) is 112 cm³/mol. The van der Waals surface area contributed by atoms with Gasteiger partial charge in [0, 0.05) is 44.5 Å². The molecular weight excluding hydrogens is 370 g/mol. The van der Waals surface area contributed by atoms with Crippen LogP contribution in [0.2, 0.25) is 0 Å². The van der Waals surface area contributed by atoms with Crippen molar-refractivity contribution in [3.8, 4) is 0 Å². The van der Waals surface area contributed by atoms with E-state index in [4.69, 9.17) is 4.52 Å². The van der Waals surface area contributed by atoms with Crippen molar-refractivity contribution < 1.29 is 14.1 Å². The summed E-state index contributed by atoms with van der Waals surface area (Å²) < 4.78 is 4.95. The molecule has 1 aromatic heterocycles. The molecule has 1 aliphatic rings. The summed E-state index contributed by atoms with van der Waals surface area (Å²) in [5.74, 6) is 1.01. The van der Waals surface area contributed by atoms with Gasteiger partial charge in [0.15, 0.2) is 5.82 Å². The zero-order chi connectivity index (χ0) is 20.6. The molecule has 2 amide bonds. The highest BCUT2D eigenvalue weighted by molar-refractivity contribution is 5.95. The molecule has 1 aromatic carbocycles. The zero-order valence-corrected chi connectivity index (χ0v) is 16.7. The lowest BCUT2D eigenvalue weighted by Gasteiger charge is -2.34. The van der Waals surface area contributed by atoms with Gasteiger partial charge in [0.05, 0.1) is 13.1 Å². The van der Waals surface area contributed by atoms with Crippen LogP contribution in [-0.2, 0) is 9.59 Å². The van der Waals surface area contributed by atoms with Gasteiger partial charge in [-0.2, -0.15) is 0 Å². The number of nitrogens with one attached hydrogen (secondary N) is 1. The molecule has 154 valence electrons. The molecule has 0 bridgehead atoms. The summed E-state index contributed by atoms with van der Waals surface area (Å²) in [7, 11) is 0. The molecule has 2 heterocycles. The number of amides is 2. The first-order valence-corrected chi connectivity index (χ1v) is 9.69. The van der Waals surface area contributed by atoms with Gasteiger partial charge in [-0.25, -0.2) is 0 Å². The lowest BCUT2D eigenvalue weighted by atomic mass is 10.2. The molecule has 0 saturated carbocycles. The Morgan fingerprint density at radius 1 is 1.17 bits per heavy atom. The molecule has 0 radical (unpaired) electrons. The summed E-state index contributed by atoms with van der Waals surface area (Å²) in [6, 6.07) is 11.3. The van der Waals surface area contributed by atoms with Gasteiger partial charge in [0.1, 0.15) is 5.76 Å². The quantitative estimate of drug-likeness (QED) is 0.684. The summed E-state index contributed by atoms with van der Waals surface area (Å²) in [5, 5.41) is 6.50. The van der Waals surface area contributed by atoms with E-state index in [1.165, 1.54) is 0 Å². The summed E-state index contributed by atoms with van der Waals surface area (Å²) >= 11 is 0. The molecule has 0 unspecified atom stereocenters. The Balaban J connectivity index is 1.45. The first kappa shape index (κ1) is 20.8. The molecule has 1 N–H and O–H groups in total. The molecule has 29 heavy (non-hydrogen) atoms. The van der Waals surface area contributed by atoms with Crippen molar-refractivity contribution in [3.63, 3.8) is 0 Å². The lowest BCUT2D eigenvalue weighted by molar-refractivity contribution is -0.121. The highest BCUT2D eigenvalue weighted by atomic mass is 16.5. The number of benzene rings is 1. The number of hydrogen-bond donors (Lipinski definition) is 1. The normalized spacial score (nSPS) is 15.1. The number of carbonyl (C=O) groups excluding carboxylic acids is 2. The van der Waals surface area contributed by atoms with E-state index in [0.717, 1.165) is 31.9 Å². The second-order valence-electron chi connectivity index (χ2n) is 7.05.